The number of rotatable bonds is 9. The van der Waals surface area contributed by atoms with E-state index in [2.05, 4.69) is 6.92 Å². The summed E-state index contributed by atoms with van der Waals surface area (Å²) in [6, 6.07) is 7.20. The zero-order valence-electron chi connectivity index (χ0n) is 11.7. The van der Waals surface area contributed by atoms with Crippen LogP contribution in [0.3, 0.4) is 0 Å². The van der Waals surface area contributed by atoms with Crippen LogP contribution >= 0.6 is 7.82 Å². The van der Waals surface area contributed by atoms with Gasteiger partial charge in [-0.2, -0.15) is 0 Å². The lowest BCUT2D eigenvalue weighted by molar-refractivity contribution is 0.199. The Hall–Kier alpha value is -0.830. The van der Waals surface area contributed by atoms with Gasteiger partial charge in [-0.25, -0.2) is 4.57 Å². The van der Waals surface area contributed by atoms with Crippen molar-refractivity contribution >= 4 is 7.82 Å². The summed E-state index contributed by atoms with van der Waals surface area (Å²) in [5.41, 5.74) is 0.895. The highest BCUT2D eigenvalue weighted by atomic mass is 31.2. The molecule has 0 spiro atoms. The molecule has 1 rings (SSSR count). The molecule has 1 aromatic carbocycles. The fraction of sp³-hybridized carbons (Fsp3) is 0.571. The van der Waals surface area contributed by atoms with E-state index in [0.717, 1.165) is 37.7 Å². The quantitative estimate of drug-likeness (QED) is 0.542. The van der Waals surface area contributed by atoms with Crippen LogP contribution in [0, 0.1) is 0 Å². The number of para-hydroxylation sites is 1. The van der Waals surface area contributed by atoms with Crippen molar-refractivity contribution in [1.82, 2.24) is 0 Å². The molecular weight excluding hydrogens is 263 g/mol. The lowest BCUT2D eigenvalue weighted by Crippen LogP contribution is -2.00. The lowest BCUT2D eigenvalue weighted by atomic mass is 10.1. The Morgan fingerprint density at radius 3 is 2.58 bits per heavy atom. The van der Waals surface area contributed by atoms with Crippen molar-refractivity contribution in [3.05, 3.63) is 29.8 Å². The van der Waals surface area contributed by atoms with Gasteiger partial charge in [-0.15, -0.1) is 0 Å². The van der Waals surface area contributed by atoms with Crippen molar-refractivity contribution in [3.63, 3.8) is 0 Å². The molecule has 0 saturated heterocycles. The molecule has 0 fully saturated rings. The first-order chi connectivity index (χ1) is 9.09. The van der Waals surface area contributed by atoms with Gasteiger partial charge in [-0.05, 0) is 24.5 Å². The number of hydrogen-bond acceptors (Lipinski definition) is 3. The van der Waals surface area contributed by atoms with E-state index in [4.69, 9.17) is 9.05 Å². The van der Waals surface area contributed by atoms with E-state index in [1.165, 1.54) is 0 Å². The predicted molar refractivity (Wildman–Crippen MR) is 76.4 cm³/mol. The van der Waals surface area contributed by atoms with Gasteiger partial charge in [0, 0.05) is 0 Å². The van der Waals surface area contributed by atoms with Crippen LogP contribution < -0.4 is 4.52 Å². The maximum absolute atomic E-state index is 11.8. The average Bonchev–Trinajstić information content (AvgIpc) is 2.38. The third kappa shape index (κ3) is 6.24. The number of phosphoric ester groups is 1. The summed E-state index contributed by atoms with van der Waals surface area (Å²) in [7, 11) is -4.00. The van der Waals surface area contributed by atoms with Crippen LogP contribution in [-0.4, -0.2) is 11.5 Å². The lowest BCUT2D eigenvalue weighted by Gasteiger charge is -2.15. The van der Waals surface area contributed by atoms with Gasteiger partial charge in [0.1, 0.15) is 5.75 Å². The van der Waals surface area contributed by atoms with Gasteiger partial charge in [0.05, 0.1) is 6.61 Å². The molecule has 0 aliphatic carbocycles. The van der Waals surface area contributed by atoms with E-state index in [1.54, 1.807) is 12.1 Å². The van der Waals surface area contributed by atoms with Crippen molar-refractivity contribution in [2.45, 2.75) is 46.0 Å². The molecule has 0 aliphatic rings. The average molecular weight is 286 g/mol. The van der Waals surface area contributed by atoms with Crippen LogP contribution in [0.15, 0.2) is 24.3 Å². The van der Waals surface area contributed by atoms with Crippen LogP contribution in [0.25, 0.3) is 0 Å². The number of hydrogen-bond donors (Lipinski definition) is 1. The first kappa shape index (κ1) is 16.2. The maximum atomic E-state index is 11.8. The maximum Gasteiger partial charge on any atom is 0.527 e. The molecule has 4 nitrogen and oxygen atoms in total. The Labute approximate surface area is 115 Å². The first-order valence-corrected chi connectivity index (χ1v) is 8.33. The van der Waals surface area contributed by atoms with Crippen LogP contribution in [0.4, 0.5) is 0 Å². The van der Waals surface area contributed by atoms with Crippen molar-refractivity contribution in [1.29, 1.82) is 0 Å². The van der Waals surface area contributed by atoms with Gasteiger partial charge in [0.15, 0.2) is 0 Å². The fourth-order valence-corrected chi connectivity index (χ4v) is 2.58. The topological polar surface area (TPSA) is 55.8 Å². The summed E-state index contributed by atoms with van der Waals surface area (Å²) in [6.07, 6.45) is 4.75. The molecule has 1 N–H and O–H groups in total. The van der Waals surface area contributed by atoms with Crippen molar-refractivity contribution in [2.24, 2.45) is 0 Å². The summed E-state index contributed by atoms with van der Waals surface area (Å²) < 4.78 is 21.9. The Morgan fingerprint density at radius 2 is 1.89 bits per heavy atom. The monoisotopic (exact) mass is 286 g/mol. The van der Waals surface area contributed by atoms with Gasteiger partial charge in [-0.1, -0.05) is 51.3 Å². The second-order valence-corrected chi connectivity index (χ2v) is 5.79. The Balaban J connectivity index is 2.47. The third-order valence-electron chi connectivity index (χ3n) is 2.82. The smallest absolute Gasteiger partial charge is 0.404 e. The van der Waals surface area contributed by atoms with Crippen molar-refractivity contribution < 1.29 is 18.5 Å². The molecule has 0 bridgehead atoms. The van der Waals surface area contributed by atoms with Gasteiger partial charge < -0.3 is 4.52 Å². The highest BCUT2D eigenvalue weighted by Gasteiger charge is 2.23. The molecule has 0 heterocycles. The molecule has 1 unspecified atom stereocenters. The van der Waals surface area contributed by atoms with Gasteiger partial charge in [0.2, 0.25) is 0 Å². The Morgan fingerprint density at radius 1 is 1.16 bits per heavy atom. The van der Waals surface area contributed by atoms with Crippen LogP contribution in [0.2, 0.25) is 0 Å². The number of aryl methyl sites for hydroxylation is 1. The molecule has 19 heavy (non-hydrogen) atoms. The summed E-state index contributed by atoms with van der Waals surface area (Å²) >= 11 is 0. The van der Waals surface area contributed by atoms with Gasteiger partial charge in [-0.3, -0.25) is 9.42 Å². The second kappa shape index (κ2) is 8.36. The van der Waals surface area contributed by atoms with Gasteiger partial charge >= 0.3 is 7.82 Å². The standard InChI is InChI=1S/C14H23O4P/c1-3-5-6-9-12-17-19(15,16)18-14-11-8-7-10-13(14)4-2/h7-8,10-11H,3-6,9,12H2,1-2H3,(H,15,16). The first-order valence-electron chi connectivity index (χ1n) is 6.84. The summed E-state index contributed by atoms with van der Waals surface area (Å²) in [6.45, 7) is 4.33. The highest BCUT2D eigenvalue weighted by Crippen LogP contribution is 2.44. The normalized spacial score (nSPS) is 14.1. The second-order valence-electron chi connectivity index (χ2n) is 4.42. The molecule has 0 radical (unpaired) electrons. The summed E-state index contributed by atoms with van der Waals surface area (Å²) in [4.78, 5) is 9.66. The largest absolute Gasteiger partial charge is 0.527 e. The highest BCUT2D eigenvalue weighted by molar-refractivity contribution is 7.47. The number of unbranched alkanes of at least 4 members (excludes halogenated alkanes) is 3. The predicted octanol–water partition coefficient (Wildman–Crippen LogP) is 4.33. The molecule has 5 heteroatoms. The zero-order valence-corrected chi connectivity index (χ0v) is 12.6. The van der Waals surface area contributed by atoms with Crippen LogP contribution in [0.5, 0.6) is 5.75 Å². The molecule has 0 saturated carbocycles. The molecule has 1 aromatic rings. The van der Waals surface area contributed by atoms with Crippen LogP contribution in [-0.2, 0) is 15.5 Å². The van der Waals surface area contributed by atoms with Crippen LogP contribution in [0.1, 0.15) is 45.1 Å². The zero-order chi connectivity index (χ0) is 14.1. The van der Waals surface area contributed by atoms with E-state index in [9.17, 15) is 9.46 Å². The Bertz CT molecular complexity index is 420. The van der Waals surface area contributed by atoms with Crippen molar-refractivity contribution in [3.8, 4) is 5.75 Å². The minimum absolute atomic E-state index is 0.252. The molecule has 0 aromatic heterocycles. The number of phosphoric acid groups is 1. The molecule has 108 valence electrons. The van der Waals surface area contributed by atoms with E-state index in [1.807, 2.05) is 19.1 Å². The molecule has 0 amide bonds. The number of benzene rings is 1. The SMILES string of the molecule is CCCCCCOP(=O)(O)Oc1ccccc1CC. The van der Waals surface area contributed by atoms with E-state index >= 15 is 0 Å². The molecule has 0 aliphatic heterocycles. The summed E-state index contributed by atoms with van der Waals surface area (Å²) in [5, 5.41) is 0. The van der Waals surface area contributed by atoms with Gasteiger partial charge in [0.25, 0.3) is 0 Å². The summed E-state index contributed by atoms with van der Waals surface area (Å²) in [5.74, 6) is 0.421. The van der Waals surface area contributed by atoms with E-state index in [-0.39, 0.29) is 6.61 Å². The third-order valence-corrected chi connectivity index (χ3v) is 3.76. The molecule has 1 atom stereocenters. The van der Waals surface area contributed by atoms with E-state index in [0.29, 0.717) is 5.75 Å². The minimum Gasteiger partial charge on any atom is -0.404 e. The Kier molecular flexibility index (Phi) is 7.14. The fourth-order valence-electron chi connectivity index (χ4n) is 1.74. The minimum atomic E-state index is -4.00. The molecular formula is C14H23O4P. The van der Waals surface area contributed by atoms with Crippen molar-refractivity contribution in [2.75, 3.05) is 6.61 Å². The van der Waals surface area contributed by atoms with E-state index < -0.39 is 7.82 Å².